The molecule has 0 bridgehead atoms. The molecule has 7 nitrogen and oxygen atoms in total. The predicted octanol–water partition coefficient (Wildman–Crippen LogP) is 2.22. The lowest BCUT2D eigenvalue weighted by molar-refractivity contribution is 0.249. The molecule has 2 aromatic carbocycles. The van der Waals surface area contributed by atoms with Gasteiger partial charge in [0.2, 0.25) is 0 Å². The number of benzene rings is 2. The summed E-state index contributed by atoms with van der Waals surface area (Å²) < 4.78 is 1.45. The monoisotopic (exact) mass is 335 g/mol. The van der Waals surface area contributed by atoms with E-state index < -0.39 is 6.03 Å². The van der Waals surface area contributed by atoms with Crippen LogP contribution in [-0.4, -0.2) is 21.5 Å². The van der Waals surface area contributed by atoms with E-state index in [1.807, 2.05) is 60.7 Å². The standard InChI is InChI=1S/C18H17N5O2/c1-12(20-21-18(19)25)15-16(13-8-4-2-5-9-13)22-23(17(15)24)14-10-6-3-7-11-14/h2-11,22H,1H3,(H3,19,21,25)/b20-12+. The molecule has 0 aliphatic heterocycles. The Morgan fingerprint density at radius 1 is 1.08 bits per heavy atom. The maximum absolute atomic E-state index is 13.0. The zero-order chi connectivity index (χ0) is 17.8. The van der Waals surface area contributed by atoms with E-state index in [0.29, 0.717) is 22.7 Å². The minimum Gasteiger partial charge on any atom is -0.350 e. The van der Waals surface area contributed by atoms with Gasteiger partial charge in [-0.1, -0.05) is 48.5 Å². The van der Waals surface area contributed by atoms with Crippen molar-refractivity contribution in [2.24, 2.45) is 10.8 Å². The molecule has 7 heteroatoms. The number of hydrogen-bond acceptors (Lipinski definition) is 3. The number of nitrogens with one attached hydrogen (secondary N) is 2. The molecule has 1 aromatic heterocycles. The number of amides is 2. The molecule has 126 valence electrons. The van der Waals surface area contributed by atoms with E-state index in [1.165, 1.54) is 4.68 Å². The second kappa shape index (κ2) is 6.88. The van der Waals surface area contributed by atoms with Gasteiger partial charge in [0.1, 0.15) is 0 Å². The second-order valence-electron chi connectivity index (χ2n) is 5.38. The Labute approximate surface area is 143 Å². The van der Waals surface area contributed by atoms with Gasteiger partial charge in [0.05, 0.1) is 22.7 Å². The molecular formula is C18H17N5O2. The highest BCUT2D eigenvalue weighted by Gasteiger charge is 2.19. The quantitative estimate of drug-likeness (QED) is 0.502. The van der Waals surface area contributed by atoms with Crippen LogP contribution < -0.4 is 16.7 Å². The Morgan fingerprint density at radius 3 is 2.28 bits per heavy atom. The van der Waals surface area contributed by atoms with Crippen molar-refractivity contribution in [1.82, 2.24) is 15.2 Å². The summed E-state index contributed by atoms with van der Waals surface area (Å²) in [4.78, 5) is 23.9. The molecule has 3 aromatic rings. The highest BCUT2D eigenvalue weighted by atomic mass is 16.2. The van der Waals surface area contributed by atoms with Crippen molar-refractivity contribution in [3.05, 3.63) is 76.6 Å². The first-order valence-electron chi connectivity index (χ1n) is 7.64. The fourth-order valence-electron chi connectivity index (χ4n) is 2.54. The average molecular weight is 335 g/mol. The zero-order valence-electron chi connectivity index (χ0n) is 13.6. The smallest absolute Gasteiger partial charge is 0.332 e. The number of primary amides is 1. The number of H-pyrrole nitrogens is 1. The van der Waals surface area contributed by atoms with Crippen LogP contribution in [0.4, 0.5) is 4.79 Å². The molecule has 4 N–H and O–H groups in total. The minimum absolute atomic E-state index is 0.266. The number of para-hydroxylation sites is 1. The maximum Gasteiger partial charge on any atom is 0.332 e. The first-order chi connectivity index (χ1) is 12.1. The van der Waals surface area contributed by atoms with Crippen molar-refractivity contribution in [2.45, 2.75) is 6.92 Å². The lowest BCUT2D eigenvalue weighted by Gasteiger charge is -2.02. The van der Waals surface area contributed by atoms with E-state index in [2.05, 4.69) is 15.6 Å². The van der Waals surface area contributed by atoms with E-state index in [1.54, 1.807) is 6.92 Å². The first-order valence-corrected chi connectivity index (χ1v) is 7.64. The lowest BCUT2D eigenvalue weighted by Crippen LogP contribution is -2.27. The number of rotatable bonds is 4. The van der Waals surface area contributed by atoms with Crippen LogP contribution in [0.3, 0.4) is 0 Å². The van der Waals surface area contributed by atoms with Crippen LogP contribution in [0, 0.1) is 0 Å². The van der Waals surface area contributed by atoms with Gasteiger partial charge >= 0.3 is 6.03 Å². The van der Waals surface area contributed by atoms with E-state index in [-0.39, 0.29) is 5.56 Å². The third-order valence-electron chi connectivity index (χ3n) is 3.66. The van der Waals surface area contributed by atoms with Gasteiger partial charge in [-0.25, -0.2) is 14.9 Å². The van der Waals surface area contributed by atoms with E-state index in [9.17, 15) is 9.59 Å². The van der Waals surface area contributed by atoms with Crippen molar-refractivity contribution in [3.8, 4) is 16.9 Å². The molecule has 0 radical (unpaired) electrons. The van der Waals surface area contributed by atoms with Crippen LogP contribution in [0.1, 0.15) is 12.5 Å². The number of hydrogen-bond donors (Lipinski definition) is 3. The molecule has 1 heterocycles. The van der Waals surface area contributed by atoms with Crippen LogP contribution in [0.2, 0.25) is 0 Å². The normalized spacial score (nSPS) is 11.3. The van der Waals surface area contributed by atoms with Crippen molar-refractivity contribution in [1.29, 1.82) is 0 Å². The summed E-state index contributed by atoms with van der Waals surface area (Å²) >= 11 is 0. The Hall–Kier alpha value is -3.61. The third-order valence-corrected chi connectivity index (χ3v) is 3.66. The summed E-state index contributed by atoms with van der Waals surface area (Å²) in [6.45, 7) is 1.64. The fraction of sp³-hybridized carbons (Fsp3) is 0.0556. The summed E-state index contributed by atoms with van der Waals surface area (Å²) in [5.74, 6) is 0. The van der Waals surface area contributed by atoms with Gasteiger partial charge < -0.3 is 5.73 Å². The van der Waals surface area contributed by atoms with Crippen molar-refractivity contribution >= 4 is 11.7 Å². The van der Waals surface area contributed by atoms with Crippen LogP contribution in [0.5, 0.6) is 0 Å². The molecule has 0 saturated heterocycles. The van der Waals surface area contributed by atoms with Gasteiger partial charge in [-0.05, 0) is 19.1 Å². The number of nitrogens with two attached hydrogens (primary N) is 1. The Kier molecular flexibility index (Phi) is 4.47. The molecule has 0 aliphatic carbocycles. The van der Waals surface area contributed by atoms with Gasteiger partial charge in [0.25, 0.3) is 5.56 Å². The van der Waals surface area contributed by atoms with Gasteiger partial charge in [0, 0.05) is 5.56 Å². The third kappa shape index (κ3) is 3.35. The molecule has 25 heavy (non-hydrogen) atoms. The van der Waals surface area contributed by atoms with Gasteiger partial charge in [-0.3, -0.25) is 9.89 Å². The Morgan fingerprint density at radius 2 is 1.68 bits per heavy atom. The van der Waals surface area contributed by atoms with Crippen LogP contribution in [0.15, 0.2) is 70.6 Å². The van der Waals surface area contributed by atoms with Crippen molar-refractivity contribution < 1.29 is 4.79 Å². The fourth-order valence-corrected chi connectivity index (χ4v) is 2.54. The summed E-state index contributed by atoms with van der Waals surface area (Å²) in [5, 5.41) is 7.04. The van der Waals surface area contributed by atoms with E-state index >= 15 is 0 Å². The highest BCUT2D eigenvalue weighted by molar-refractivity contribution is 6.03. The first kappa shape index (κ1) is 16.3. The Balaban J connectivity index is 2.21. The minimum atomic E-state index is -0.792. The molecule has 2 amide bonds. The molecule has 0 saturated carbocycles. The summed E-state index contributed by atoms with van der Waals surface area (Å²) in [5.41, 5.74) is 9.82. The molecule has 0 aliphatic rings. The van der Waals surface area contributed by atoms with Crippen molar-refractivity contribution in [2.75, 3.05) is 0 Å². The highest BCUT2D eigenvalue weighted by Crippen LogP contribution is 2.21. The predicted molar refractivity (Wildman–Crippen MR) is 96.8 cm³/mol. The number of carbonyl (C=O) groups excluding carboxylic acids is 1. The molecule has 0 spiro atoms. The average Bonchev–Trinajstić information content (AvgIpc) is 2.98. The number of aromatic amines is 1. The Bertz CT molecular complexity index is 972. The maximum atomic E-state index is 13.0. The molecular weight excluding hydrogens is 318 g/mol. The van der Waals surface area contributed by atoms with E-state index in [0.717, 1.165) is 5.56 Å². The second-order valence-corrected chi connectivity index (χ2v) is 5.38. The summed E-state index contributed by atoms with van der Waals surface area (Å²) in [7, 11) is 0. The van der Waals surface area contributed by atoms with Gasteiger partial charge in [-0.15, -0.1) is 0 Å². The largest absolute Gasteiger partial charge is 0.350 e. The van der Waals surface area contributed by atoms with Crippen LogP contribution >= 0.6 is 0 Å². The van der Waals surface area contributed by atoms with Crippen molar-refractivity contribution in [3.63, 3.8) is 0 Å². The zero-order valence-corrected chi connectivity index (χ0v) is 13.6. The number of nitrogens with zero attached hydrogens (tertiary/aromatic N) is 2. The number of carbonyl (C=O) groups is 1. The number of aromatic nitrogens is 2. The van der Waals surface area contributed by atoms with Crippen LogP contribution in [0.25, 0.3) is 16.9 Å². The van der Waals surface area contributed by atoms with Gasteiger partial charge in [-0.2, -0.15) is 5.10 Å². The van der Waals surface area contributed by atoms with Crippen LogP contribution in [-0.2, 0) is 0 Å². The SMILES string of the molecule is C/C(=N\NC(N)=O)c1c(-c2ccccc2)[nH]n(-c2ccccc2)c1=O. The van der Waals surface area contributed by atoms with Gasteiger partial charge in [0.15, 0.2) is 0 Å². The lowest BCUT2D eigenvalue weighted by atomic mass is 10.1. The number of hydrazone groups is 1. The summed E-state index contributed by atoms with van der Waals surface area (Å²) in [6, 6.07) is 17.9. The topological polar surface area (TPSA) is 105 Å². The molecule has 3 rings (SSSR count). The van der Waals surface area contributed by atoms with E-state index in [4.69, 9.17) is 5.73 Å². The molecule has 0 unspecified atom stereocenters. The number of urea groups is 1. The molecule has 0 atom stereocenters. The summed E-state index contributed by atoms with van der Waals surface area (Å²) in [6.07, 6.45) is 0. The molecule has 0 fully saturated rings.